The third-order valence-corrected chi connectivity index (χ3v) is 3.99. The summed E-state index contributed by atoms with van der Waals surface area (Å²) >= 11 is 0. The van der Waals surface area contributed by atoms with Crippen LogP contribution in [0.15, 0.2) is 54.1 Å². The summed E-state index contributed by atoms with van der Waals surface area (Å²) in [6, 6.07) is 18.3. The van der Waals surface area contributed by atoms with Gasteiger partial charge in [-0.05, 0) is 35.7 Å². The molecule has 21 heavy (non-hydrogen) atoms. The minimum absolute atomic E-state index is 0.137. The zero-order chi connectivity index (χ0) is 14.8. The second-order valence-corrected chi connectivity index (χ2v) is 5.12. The Hall–Kier alpha value is -2.73. The van der Waals surface area contributed by atoms with Gasteiger partial charge in [0.2, 0.25) is 0 Å². The first-order chi connectivity index (χ1) is 10.2. The Morgan fingerprint density at radius 2 is 1.95 bits per heavy atom. The molecule has 1 aliphatic rings. The fraction of sp³-hybridized carbons (Fsp3) is 0.167. The van der Waals surface area contributed by atoms with Crippen molar-refractivity contribution < 1.29 is 4.74 Å². The number of hydrogen-bond acceptors (Lipinski definition) is 3. The van der Waals surface area contributed by atoms with E-state index in [1.165, 1.54) is 5.56 Å². The Kier molecular flexibility index (Phi) is 3.37. The quantitative estimate of drug-likeness (QED) is 0.914. The van der Waals surface area contributed by atoms with Gasteiger partial charge in [0.15, 0.2) is 0 Å². The van der Waals surface area contributed by atoms with Gasteiger partial charge >= 0.3 is 0 Å². The summed E-state index contributed by atoms with van der Waals surface area (Å²) in [7, 11) is 1.65. The van der Waals surface area contributed by atoms with Gasteiger partial charge in [0, 0.05) is 11.5 Å². The van der Waals surface area contributed by atoms with Crippen LogP contribution in [-0.2, 0) is 0 Å². The summed E-state index contributed by atoms with van der Waals surface area (Å²) < 4.78 is 5.33. The number of benzene rings is 2. The topological polar surface area (TPSA) is 59.0 Å². The third-order valence-electron chi connectivity index (χ3n) is 3.99. The Morgan fingerprint density at radius 3 is 2.62 bits per heavy atom. The highest BCUT2D eigenvalue weighted by atomic mass is 16.5. The lowest BCUT2D eigenvalue weighted by Crippen LogP contribution is -2.16. The van der Waals surface area contributed by atoms with Crippen LogP contribution in [0.1, 0.15) is 29.0 Å². The molecule has 3 nitrogen and oxygen atoms in total. The highest BCUT2D eigenvalue weighted by Crippen LogP contribution is 2.41. The van der Waals surface area contributed by atoms with Crippen LogP contribution in [0.4, 0.5) is 0 Å². The number of methoxy groups -OCH3 is 1. The zero-order valence-electron chi connectivity index (χ0n) is 11.8. The zero-order valence-corrected chi connectivity index (χ0v) is 11.8. The summed E-state index contributed by atoms with van der Waals surface area (Å²) in [5.41, 5.74) is 10.6. The normalized spacial score (nSPS) is 17.0. The highest BCUT2D eigenvalue weighted by molar-refractivity contribution is 5.75. The van der Waals surface area contributed by atoms with Gasteiger partial charge in [-0.25, -0.2) is 0 Å². The Bertz CT molecular complexity index is 742. The molecule has 0 radical (unpaired) electrons. The van der Waals surface area contributed by atoms with Crippen LogP contribution in [0.5, 0.6) is 5.75 Å². The van der Waals surface area contributed by atoms with Crippen LogP contribution in [0.25, 0.3) is 5.70 Å². The van der Waals surface area contributed by atoms with Crippen LogP contribution in [-0.4, -0.2) is 7.11 Å². The van der Waals surface area contributed by atoms with Gasteiger partial charge in [-0.3, -0.25) is 0 Å². The van der Waals surface area contributed by atoms with E-state index in [1.807, 2.05) is 36.4 Å². The molecule has 0 amide bonds. The van der Waals surface area contributed by atoms with Crippen molar-refractivity contribution in [3.63, 3.8) is 0 Å². The van der Waals surface area contributed by atoms with Gasteiger partial charge in [-0.15, -0.1) is 0 Å². The van der Waals surface area contributed by atoms with Crippen molar-refractivity contribution in [2.45, 2.75) is 12.3 Å². The summed E-state index contributed by atoms with van der Waals surface area (Å²) in [6.07, 6.45) is 0.631. The molecule has 2 aromatic rings. The molecular weight excluding hydrogens is 260 g/mol. The van der Waals surface area contributed by atoms with Crippen molar-refractivity contribution in [3.8, 4) is 11.8 Å². The number of fused-ring (bicyclic) bond motifs is 1. The predicted octanol–water partition coefficient (Wildman–Crippen LogP) is 3.42. The maximum atomic E-state index is 9.34. The van der Waals surface area contributed by atoms with E-state index in [1.54, 1.807) is 7.11 Å². The molecule has 1 unspecified atom stereocenters. The first-order valence-corrected chi connectivity index (χ1v) is 6.86. The Labute approximate surface area is 124 Å². The molecule has 2 N–H and O–H groups in total. The van der Waals surface area contributed by atoms with E-state index in [-0.39, 0.29) is 5.92 Å². The van der Waals surface area contributed by atoms with Gasteiger partial charge in [-0.2, -0.15) is 5.26 Å². The largest absolute Gasteiger partial charge is 0.497 e. The maximum absolute atomic E-state index is 9.34. The number of nitriles is 1. The molecule has 0 saturated carbocycles. The molecule has 3 rings (SSSR count). The molecule has 104 valence electrons. The molecular formula is C18H16N2O. The SMILES string of the molecule is COc1ccc2c(c1)C(c1ccccc1)CC(C#N)=C2N. The van der Waals surface area contributed by atoms with Crippen LogP contribution in [0.3, 0.4) is 0 Å². The van der Waals surface area contributed by atoms with Gasteiger partial charge in [0.25, 0.3) is 0 Å². The average molecular weight is 276 g/mol. The van der Waals surface area contributed by atoms with Crippen LogP contribution in [0, 0.1) is 11.3 Å². The first kappa shape index (κ1) is 13.3. The van der Waals surface area contributed by atoms with E-state index >= 15 is 0 Å². The number of ether oxygens (including phenoxy) is 1. The van der Waals surface area contributed by atoms with Gasteiger partial charge in [0.1, 0.15) is 5.75 Å². The van der Waals surface area contributed by atoms with E-state index < -0.39 is 0 Å². The van der Waals surface area contributed by atoms with E-state index in [0.717, 1.165) is 16.9 Å². The van der Waals surface area contributed by atoms with Crippen LogP contribution in [0.2, 0.25) is 0 Å². The summed E-state index contributed by atoms with van der Waals surface area (Å²) in [4.78, 5) is 0. The van der Waals surface area contributed by atoms with Crippen molar-refractivity contribution in [2.75, 3.05) is 7.11 Å². The first-order valence-electron chi connectivity index (χ1n) is 6.86. The number of hydrogen-bond donors (Lipinski definition) is 1. The number of nitrogens with two attached hydrogens (primary N) is 1. The lowest BCUT2D eigenvalue weighted by Gasteiger charge is -2.27. The van der Waals surface area contributed by atoms with E-state index in [0.29, 0.717) is 17.7 Å². The Balaban J connectivity index is 2.20. The predicted molar refractivity (Wildman–Crippen MR) is 82.6 cm³/mol. The fourth-order valence-corrected chi connectivity index (χ4v) is 2.88. The molecule has 0 bridgehead atoms. The standard InChI is InChI=1S/C18H16N2O/c1-21-14-7-8-15-17(10-14)16(9-13(11-19)18(15)20)12-5-3-2-4-6-12/h2-8,10,16H,9,20H2,1H3. The number of allylic oxidation sites excluding steroid dienone is 1. The highest BCUT2D eigenvalue weighted by Gasteiger charge is 2.27. The molecule has 1 aliphatic carbocycles. The maximum Gasteiger partial charge on any atom is 0.119 e. The monoisotopic (exact) mass is 276 g/mol. The fourth-order valence-electron chi connectivity index (χ4n) is 2.88. The summed E-state index contributed by atoms with van der Waals surface area (Å²) in [5, 5.41) is 9.34. The summed E-state index contributed by atoms with van der Waals surface area (Å²) in [5.74, 6) is 0.945. The van der Waals surface area contributed by atoms with Crippen molar-refractivity contribution >= 4 is 5.70 Å². The van der Waals surface area contributed by atoms with E-state index in [2.05, 4.69) is 18.2 Å². The molecule has 0 fully saturated rings. The van der Waals surface area contributed by atoms with Gasteiger partial charge in [0.05, 0.1) is 24.4 Å². The smallest absolute Gasteiger partial charge is 0.119 e. The van der Waals surface area contributed by atoms with Gasteiger partial charge < -0.3 is 10.5 Å². The second kappa shape index (κ2) is 5.34. The third kappa shape index (κ3) is 2.25. The average Bonchev–Trinajstić information content (AvgIpc) is 2.55. The molecule has 0 heterocycles. The number of nitrogens with zero attached hydrogens (tertiary/aromatic N) is 1. The van der Waals surface area contributed by atoms with Gasteiger partial charge in [-0.1, -0.05) is 30.3 Å². The lowest BCUT2D eigenvalue weighted by atomic mass is 9.78. The van der Waals surface area contributed by atoms with Crippen molar-refractivity contribution in [3.05, 3.63) is 70.8 Å². The molecule has 0 aromatic heterocycles. The molecule has 2 aromatic carbocycles. The lowest BCUT2D eigenvalue weighted by molar-refractivity contribution is 0.414. The molecule has 0 aliphatic heterocycles. The van der Waals surface area contributed by atoms with Crippen molar-refractivity contribution in [2.24, 2.45) is 5.73 Å². The summed E-state index contributed by atoms with van der Waals surface area (Å²) in [6.45, 7) is 0. The molecule has 0 spiro atoms. The van der Waals surface area contributed by atoms with E-state index in [4.69, 9.17) is 10.5 Å². The second-order valence-electron chi connectivity index (χ2n) is 5.12. The van der Waals surface area contributed by atoms with Crippen LogP contribution >= 0.6 is 0 Å². The Morgan fingerprint density at radius 1 is 1.19 bits per heavy atom. The molecule has 0 saturated heterocycles. The molecule has 1 atom stereocenters. The van der Waals surface area contributed by atoms with E-state index in [9.17, 15) is 5.26 Å². The minimum atomic E-state index is 0.137. The molecule has 3 heteroatoms. The minimum Gasteiger partial charge on any atom is -0.497 e. The number of rotatable bonds is 2. The van der Waals surface area contributed by atoms with Crippen LogP contribution < -0.4 is 10.5 Å². The van der Waals surface area contributed by atoms with Crippen molar-refractivity contribution in [1.82, 2.24) is 0 Å². The van der Waals surface area contributed by atoms with Crippen molar-refractivity contribution in [1.29, 1.82) is 5.26 Å².